The van der Waals surface area contributed by atoms with Gasteiger partial charge in [0.2, 0.25) is 0 Å². The van der Waals surface area contributed by atoms with Gasteiger partial charge in [-0.25, -0.2) is 9.97 Å². The van der Waals surface area contributed by atoms with Crippen LogP contribution in [0.2, 0.25) is 0 Å². The van der Waals surface area contributed by atoms with E-state index in [1.807, 2.05) is 37.4 Å². The fourth-order valence-corrected chi connectivity index (χ4v) is 3.80. The maximum Gasteiger partial charge on any atom is 0.255 e. The van der Waals surface area contributed by atoms with E-state index in [-0.39, 0.29) is 5.56 Å². The van der Waals surface area contributed by atoms with Gasteiger partial charge in [0.15, 0.2) is 0 Å². The molecule has 1 aromatic carbocycles. The van der Waals surface area contributed by atoms with E-state index in [0.717, 1.165) is 46.6 Å². The summed E-state index contributed by atoms with van der Waals surface area (Å²) in [5, 5.41) is 0. The summed E-state index contributed by atoms with van der Waals surface area (Å²) in [7, 11) is 2.04. The summed E-state index contributed by atoms with van der Waals surface area (Å²) in [4.78, 5) is 31.4. The predicted molar refractivity (Wildman–Crippen MR) is 107 cm³/mol. The van der Waals surface area contributed by atoms with E-state index in [1.54, 1.807) is 12.4 Å². The Balaban J connectivity index is 1.42. The van der Waals surface area contributed by atoms with Crippen molar-refractivity contribution in [2.24, 2.45) is 7.05 Å². The minimum absolute atomic E-state index is 0.0634. The summed E-state index contributed by atoms with van der Waals surface area (Å²) in [6.45, 7) is 2.14. The number of hydrogen-bond acceptors (Lipinski definition) is 5. The molecule has 0 bridgehead atoms. The van der Waals surface area contributed by atoms with Crippen LogP contribution in [0.5, 0.6) is 0 Å². The zero-order valence-corrected chi connectivity index (χ0v) is 15.6. The number of H-pyrrole nitrogens is 1. The van der Waals surface area contributed by atoms with Gasteiger partial charge in [-0.3, -0.25) is 14.7 Å². The van der Waals surface area contributed by atoms with E-state index in [9.17, 15) is 4.79 Å². The molecule has 1 N–H and O–H groups in total. The second-order valence-electron chi connectivity index (χ2n) is 7.11. The lowest BCUT2D eigenvalue weighted by molar-refractivity contribution is 0.234. The first-order chi connectivity index (χ1) is 13.7. The van der Waals surface area contributed by atoms with Gasteiger partial charge in [0, 0.05) is 44.5 Å². The van der Waals surface area contributed by atoms with Gasteiger partial charge in [-0.1, -0.05) is 12.1 Å². The molecule has 1 aliphatic rings. The molecule has 3 aromatic heterocycles. The minimum atomic E-state index is -0.0634. The van der Waals surface area contributed by atoms with Gasteiger partial charge in [-0.05, 0) is 24.3 Å². The minimum Gasteiger partial charge on any atom is -0.330 e. The molecule has 1 aliphatic heterocycles. The molecule has 0 aliphatic carbocycles. The van der Waals surface area contributed by atoms with Crippen LogP contribution in [-0.4, -0.2) is 35.9 Å². The molecule has 7 nitrogen and oxygen atoms in total. The fraction of sp³-hybridized carbons (Fsp3) is 0.238. The Labute approximate surface area is 161 Å². The van der Waals surface area contributed by atoms with Crippen molar-refractivity contribution in [2.45, 2.75) is 19.5 Å². The monoisotopic (exact) mass is 372 g/mol. The molecule has 5 rings (SSSR count). The van der Waals surface area contributed by atoms with Crippen molar-refractivity contribution in [1.82, 2.24) is 29.4 Å². The van der Waals surface area contributed by atoms with Crippen LogP contribution in [0.1, 0.15) is 17.1 Å². The third kappa shape index (κ3) is 2.90. The molecule has 28 heavy (non-hydrogen) atoms. The molecule has 0 atom stereocenters. The first kappa shape index (κ1) is 16.8. The van der Waals surface area contributed by atoms with E-state index in [4.69, 9.17) is 9.97 Å². The van der Waals surface area contributed by atoms with Crippen molar-refractivity contribution in [3.05, 3.63) is 76.2 Å². The van der Waals surface area contributed by atoms with Crippen LogP contribution in [0.3, 0.4) is 0 Å². The number of rotatable bonds is 3. The second-order valence-corrected chi connectivity index (χ2v) is 7.11. The summed E-state index contributed by atoms with van der Waals surface area (Å²) in [6.07, 6.45) is 4.15. The Morgan fingerprint density at radius 1 is 1.11 bits per heavy atom. The molecule has 4 aromatic rings. The SMILES string of the molecule is Cn1c(CN2CCc3nc(-c4ccncc4)[nH]c(=O)c3C2)nc2ccccc21. The predicted octanol–water partition coefficient (Wildman–Crippen LogP) is 2.28. The van der Waals surface area contributed by atoms with Crippen molar-refractivity contribution < 1.29 is 0 Å². The lowest BCUT2D eigenvalue weighted by atomic mass is 10.1. The quantitative estimate of drug-likeness (QED) is 0.597. The number of aromatic nitrogens is 5. The molecular weight excluding hydrogens is 352 g/mol. The van der Waals surface area contributed by atoms with Crippen LogP contribution >= 0.6 is 0 Å². The standard InChI is InChI=1S/C21H20N6O/c1-26-18-5-3-2-4-17(18)23-19(26)13-27-11-8-16-15(12-27)21(28)25-20(24-16)14-6-9-22-10-7-14/h2-7,9-10H,8,11-13H2,1H3,(H,24,25,28). The lowest BCUT2D eigenvalue weighted by Crippen LogP contribution is -2.36. The number of aromatic amines is 1. The van der Waals surface area contributed by atoms with Crippen molar-refractivity contribution in [3.8, 4) is 11.4 Å². The highest BCUT2D eigenvalue weighted by Crippen LogP contribution is 2.21. The van der Waals surface area contributed by atoms with Crippen LogP contribution in [0.25, 0.3) is 22.4 Å². The van der Waals surface area contributed by atoms with Crippen molar-refractivity contribution in [3.63, 3.8) is 0 Å². The summed E-state index contributed by atoms with van der Waals surface area (Å²) in [5.41, 5.74) is 4.57. The molecule has 0 spiro atoms. The van der Waals surface area contributed by atoms with Crippen LogP contribution < -0.4 is 5.56 Å². The average molecular weight is 372 g/mol. The van der Waals surface area contributed by atoms with Crippen molar-refractivity contribution in [2.75, 3.05) is 6.54 Å². The maximum atomic E-state index is 12.7. The van der Waals surface area contributed by atoms with Crippen LogP contribution in [0.4, 0.5) is 0 Å². The van der Waals surface area contributed by atoms with Crippen molar-refractivity contribution in [1.29, 1.82) is 0 Å². The number of nitrogens with one attached hydrogen (secondary N) is 1. The fourth-order valence-electron chi connectivity index (χ4n) is 3.80. The smallest absolute Gasteiger partial charge is 0.255 e. The van der Waals surface area contributed by atoms with Gasteiger partial charge in [0.25, 0.3) is 5.56 Å². The first-order valence-corrected chi connectivity index (χ1v) is 9.34. The Hall–Kier alpha value is -3.32. The zero-order valence-electron chi connectivity index (χ0n) is 15.6. The second kappa shape index (κ2) is 6.69. The van der Waals surface area contributed by atoms with Crippen LogP contribution in [-0.2, 0) is 26.6 Å². The number of hydrogen-bond donors (Lipinski definition) is 1. The first-order valence-electron chi connectivity index (χ1n) is 9.34. The summed E-state index contributed by atoms with van der Waals surface area (Å²) < 4.78 is 2.12. The third-order valence-corrected chi connectivity index (χ3v) is 5.35. The lowest BCUT2D eigenvalue weighted by Gasteiger charge is -2.27. The number of imidazole rings is 1. The Morgan fingerprint density at radius 2 is 1.93 bits per heavy atom. The number of benzene rings is 1. The van der Waals surface area contributed by atoms with E-state index < -0.39 is 0 Å². The number of pyridine rings is 1. The van der Waals surface area contributed by atoms with Gasteiger partial charge in [0.1, 0.15) is 11.6 Å². The highest BCUT2D eigenvalue weighted by atomic mass is 16.1. The van der Waals surface area contributed by atoms with Gasteiger partial charge in [-0.15, -0.1) is 0 Å². The zero-order chi connectivity index (χ0) is 19.1. The normalized spacial score (nSPS) is 14.3. The Kier molecular flexibility index (Phi) is 4.02. The third-order valence-electron chi connectivity index (χ3n) is 5.35. The Morgan fingerprint density at radius 3 is 2.75 bits per heavy atom. The number of aryl methyl sites for hydroxylation is 1. The highest BCUT2D eigenvalue weighted by Gasteiger charge is 2.23. The molecule has 4 heterocycles. The highest BCUT2D eigenvalue weighted by molar-refractivity contribution is 5.75. The molecular formula is C21H20N6O. The van der Waals surface area contributed by atoms with E-state index in [2.05, 4.69) is 25.5 Å². The molecule has 0 saturated heterocycles. The largest absolute Gasteiger partial charge is 0.330 e. The summed E-state index contributed by atoms with van der Waals surface area (Å²) >= 11 is 0. The van der Waals surface area contributed by atoms with Crippen molar-refractivity contribution >= 4 is 11.0 Å². The van der Waals surface area contributed by atoms with Gasteiger partial charge < -0.3 is 9.55 Å². The average Bonchev–Trinajstić information content (AvgIpc) is 3.04. The number of para-hydroxylation sites is 2. The topological polar surface area (TPSA) is 79.7 Å². The molecule has 140 valence electrons. The Bertz CT molecular complexity index is 1210. The van der Waals surface area contributed by atoms with Gasteiger partial charge in [-0.2, -0.15) is 0 Å². The number of fused-ring (bicyclic) bond motifs is 2. The molecule has 0 unspecified atom stereocenters. The van der Waals surface area contributed by atoms with Gasteiger partial charge in [0.05, 0.1) is 28.8 Å². The molecule has 0 fully saturated rings. The molecule has 0 amide bonds. The molecule has 0 saturated carbocycles. The maximum absolute atomic E-state index is 12.7. The van der Waals surface area contributed by atoms with Gasteiger partial charge >= 0.3 is 0 Å². The van der Waals surface area contributed by atoms with E-state index in [0.29, 0.717) is 18.9 Å². The number of nitrogens with zero attached hydrogens (tertiary/aromatic N) is 5. The van der Waals surface area contributed by atoms with E-state index >= 15 is 0 Å². The summed E-state index contributed by atoms with van der Waals surface area (Å²) in [6, 6.07) is 11.8. The van der Waals surface area contributed by atoms with Crippen LogP contribution in [0, 0.1) is 0 Å². The summed E-state index contributed by atoms with van der Waals surface area (Å²) in [5.74, 6) is 1.61. The van der Waals surface area contributed by atoms with Crippen LogP contribution in [0.15, 0.2) is 53.6 Å². The molecule has 0 radical (unpaired) electrons. The van der Waals surface area contributed by atoms with E-state index in [1.165, 1.54) is 0 Å². The molecule has 7 heteroatoms.